The number of carbonyl (C=O) groups excluding carboxylic acids is 2. The molecule has 0 aliphatic carbocycles. The molecular formula is C25H29N3O4. The van der Waals surface area contributed by atoms with Gasteiger partial charge in [0, 0.05) is 18.8 Å². The van der Waals surface area contributed by atoms with Crippen molar-refractivity contribution in [2.24, 2.45) is 0 Å². The van der Waals surface area contributed by atoms with E-state index in [-0.39, 0.29) is 12.6 Å². The molecule has 2 heterocycles. The van der Waals surface area contributed by atoms with Crippen LogP contribution < -0.4 is 20.3 Å². The zero-order valence-corrected chi connectivity index (χ0v) is 18.5. The average molecular weight is 436 g/mol. The molecular weight excluding hydrogens is 406 g/mol. The van der Waals surface area contributed by atoms with E-state index in [0.29, 0.717) is 22.6 Å². The lowest BCUT2D eigenvalue weighted by Gasteiger charge is -2.31. The Bertz CT molecular complexity index is 993. The quantitative estimate of drug-likeness (QED) is 0.670. The molecule has 2 aliphatic rings. The lowest BCUT2D eigenvalue weighted by atomic mass is 9.92. The topological polar surface area (TPSA) is 79.9 Å². The van der Waals surface area contributed by atoms with Crippen molar-refractivity contribution in [1.82, 2.24) is 10.6 Å². The standard InChI is InChI=1S/C25H29N3O4/c1-3-32-24(29)21-22(17-7-11-19(12-8-17)28-15-5-4-6-16-28)26-25(30)27-23(21)18-9-13-20(31-2)14-10-18/h7-14,22H,3-6,15-16H2,1-2H3,(H2,26,27,30). The van der Waals surface area contributed by atoms with E-state index in [2.05, 4.69) is 27.7 Å². The van der Waals surface area contributed by atoms with Gasteiger partial charge in [0.25, 0.3) is 0 Å². The minimum absolute atomic E-state index is 0.243. The number of esters is 1. The Balaban J connectivity index is 1.72. The summed E-state index contributed by atoms with van der Waals surface area (Å²) >= 11 is 0. The second-order valence-electron chi connectivity index (χ2n) is 7.91. The Labute approximate surface area is 188 Å². The van der Waals surface area contributed by atoms with Crippen molar-refractivity contribution in [2.75, 3.05) is 31.7 Å². The van der Waals surface area contributed by atoms with Gasteiger partial charge in [-0.05, 0) is 73.7 Å². The Kier molecular flexibility index (Phi) is 6.63. The molecule has 32 heavy (non-hydrogen) atoms. The van der Waals surface area contributed by atoms with Crippen molar-refractivity contribution in [1.29, 1.82) is 0 Å². The number of carbonyl (C=O) groups is 2. The van der Waals surface area contributed by atoms with Gasteiger partial charge < -0.3 is 25.0 Å². The first-order valence-corrected chi connectivity index (χ1v) is 11.1. The second kappa shape index (κ2) is 9.77. The number of hydrogen-bond donors (Lipinski definition) is 2. The normalized spacial score (nSPS) is 18.6. The highest BCUT2D eigenvalue weighted by molar-refractivity contribution is 6.04. The summed E-state index contributed by atoms with van der Waals surface area (Å²) in [5, 5.41) is 5.70. The molecule has 1 atom stereocenters. The number of rotatable bonds is 6. The van der Waals surface area contributed by atoms with E-state index in [9.17, 15) is 9.59 Å². The van der Waals surface area contributed by atoms with Crippen molar-refractivity contribution in [3.05, 3.63) is 65.2 Å². The Morgan fingerprint density at radius 3 is 2.34 bits per heavy atom. The smallest absolute Gasteiger partial charge is 0.338 e. The van der Waals surface area contributed by atoms with E-state index in [1.54, 1.807) is 26.2 Å². The molecule has 0 spiro atoms. The van der Waals surface area contributed by atoms with Gasteiger partial charge in [0.1, 0.15) is 5.75 Å². The molecule has 7 nitrogen and oxygen atoms in total. The summed E-state index contributed by atoms with van der Waals surface area (Å²) in [6, 6.07) is 14.3. The maximum atomic E-state index is 13.0. The fraction of sp³-hybridized carbons (Fsp3) is 0.360. The highest BCUT2D eigenvalue weighted by Gasteiger charge is 2.34. The number of benzene rings is 2. The summed E-state index contributed by atoms with van der Waals surface area (Å²) in [4.78, 5) is 27.9. The first kappa shape index (κ1) is 21.7. The molecule has 7 heteroatoms. The van der Waals surface area contributed by atoms with Crippen molar-refractivity contribution in [3.8, 4) is 5.75 Å². The molecule has 168 valence electrons. The number of urea groups is 1. The molecule has 1 unspecified atom stereocenters. The van der Waals surface area contributed by atoms with Crippen LogP contribution in [-0.4, -0.2) is 38.8 Å². The molecule has 0 bridgehead atoms. The fourth-order valence-corrected chi connectivity index (χ4v) is 4.26. The van der Waals surface area contributed by atoms with Crippen molar-refractivity contribution in [2.45, 2.75) is 32.2 Å². The predicted octanol–water partition coefficient (Wildman–Crippen LogP) is 4.01. The van der Waals surface area contributed by atoms with Crippen molar-refractivity contribution in [3.63, 3.8) is 0 Å². The molecule has 0 saturated carbocycles. The van der Waals surface area contributed by atoms with E-state index in [1.165, 1.54) is 19.3 Å². The second-order valence-corrected chi connectivity index (χ2v) is 7.91. The van der Waals surface area contributed by atoms with E-state index in [0.717, 1.165) is 24.3 Å². The summed E-state index contributed by atoms with van der Waals surface area (Å²) < 4.78 is 10.6. The van der Waals surface area contributed by atoms with Gasteiger partial charge >= 0.3 is 12.0 Å². The van der Waals surface area contributed by atoms with Crippen LogP contribution in [-0.2, 0) is 9.53 Å². The van der Waals surface area contributed by atoms with Gasteiger partial charge in [-0.1, -0.05) is 12.1 Å². The molecule has 0 radical (unpaired) electrons. The van der Waals surface area contributed by atoms with Gasteiger partial charge in [0.15, 0.2) is 0 Å². The van der Waals surface area contributed by atoms with Crippen LogP contribution in [0.3, 0.4) is 0 Å². The van der Waals surface area contributed by atoms with Gasteiger partial charge in [0.05, 0.1) is 31.0 Å². The van der Waals surface area contributed by atoms with Crippen LogP contribution in [0.1, 0.15) is 43.4 Å². The zero-order valence-electron chi connectivity index (χ0n) is 18.5. The zero-order chi connectivity index (χ0) is 22.5. The lowest BCUT2D eigenvalue weighted by Crippen LogP contribution is -2.45. The summed E-state index contributed by atoms with van der Waals surface area (Å²) in [6.45, 7) is 4.12. The summed E-state index contributed by atoms with van der Waals surface area (Å²) in [6.07, 6.45) is 3.68. The average Bonchev–Trinajstić information content (AvgIpc) is 2.84. The van der Waals surface area contributed by atoms with Crippen molar-refractivity contribution < 1.29 is 19.1 Å². The van der Waals surface area contributed by atoms with Gasteiger partial charge in [-0.2, -0.15) is 0 Å². The molecule has 2 amide bonds. The molecule has 2 N–H and O–H groups in total. The van der Waals surface area contributed by atoms with Crippen LogP contribution in [0.2, 0.25) is 0 Å². The maximum Gasteiger partial charge on any atom is 0.338 e. The third-order valence-electron chi connectivity index (χ3n) is 5.89. The van der Waals surface area contributed by atoms with Crippen LogP contribution in [0.4, 0.5) is 10.5 Å². The number of anilines is 1. The fourth-order valence-electron chi connectivity index (χ4n) is 4.26. The van der Waals surface area contributed by atoms with Crippen LogP contribution in [0.15, 0.2) is 54.1 Å². The minimum atomic E-state index is -0.615. The maximum absolute atomic E-state index is 13.0. The van der Waals surface area contributed by atoms with Gasteiger partial charge in [0.2, 0.25) is 0 Å². The largest absolute Gasteiger partial charge is 0.497 e. The third kappa shape index (κ3) is 4.56. The summed E-state index contributed by atoms with van der Waals surface area (Å²) in [5.41, 5.74) is 3.52. The number of amides is 2. The number of nitrogens with one attached hydrogen (secondary N) is 2. The molecule has 4 rings (SSSR count). The molecule has 1 fully saturated rings. The molecule has 2 aromatic rings. The molecule has 2 aromatic carbocycles. The first-order valence-electron chi connectivity index (χ1n) is 11.1. The van der Waals surface area contributed by atoms with Gasteiger partial charge in [-0.15, -0.1) is 0 Å². The molecule has 2 aliphatic heterocycles. The van der Waals surface area contributed by atoms with E-state index in [1.807, 2.05) is 24.3 Å². The third-order valence-corrected chi connectivity index (χ3v) is 5.89. The minimum Gasteiger partial charge on any atom is -0.497 e. The first-order chi connectivity index (χ1) is 15.6. The number of ether oxygens (including phenoxy) is 2. The van der Waals surface area contributed by atoms with E-state index < -0.39 is 12.0 Å². The Morgan fingerprint density at radius 2 is 1.72 bits per heavy atom. The van der Waals surface area contributed by atoms with Gasteiger partial charge in [-0.25, -0.2) is 9.59 Å². The van der Waals surface area contributed by atoms with Crippen LogP contribution in [0.5, 0.6) is 5.75 Å². The van der Waals surface area contributed by atoms with Gasteiger partial charge in [-0.3, -0.25) is 0 Å². The van der Waals surface area contributed by atoms with E-state index in [4.69, 9.17) is 9.47 Å². The summed E-state index contributed by atoms with van der Waals surface area (Å²) in [7, 11) is 1.59. The highest BCUT2D eigenvalue weighted by atomic mass is 16.5. The van der Waals surface area contributed by atoms with E-state index >= 15 is 0 Å². The van der Waals surface area contributed by atoms with Crippen LogP contribution in [0, 0.1) is 0 Å². The summed E-state index contributed by atoms with van der Waals surface area (Å²) in [5.74, 6) is 0.230. The predicted molar refractivity (Wildman–Crippen MR) is 123 cm³/mol. The van der Waals surface area contributed by atoms with Crippen LogP contribution in [0.25, 0.3) is 5.70 Å². The van der Waals surface area contributed by atoms with Crippen LogP contribution >= 0.6 is 0 Å². The highest BCUT2D eigenvalue weighted by Crippen LogP contribution is 2.33. The number of hydrogen-bond acceptors (Lipinski definition) is 5. The Hall–Kier alpha value is -3.48. The SMILES string of the molecule is CCOC(=O)C1=C(c2ccc(OC)cc2)NC(=O)NC1c1ccc(N2CCCCC2)cc1. The van der Waals surface area contributed by atoms with Crippen molar-refractivity contribution >= 4 is 23.4 Å². The monoisotopic (exact) mass is 435 g/mol. The number of methoxy groups -OCH3 is 1. The number of nitrogens with zero attached hydrogens (tertiary/aromatic N) is 1. The molecule has 1 saturated heterocycles. The number of piperidine rings is 1. The molecule has 0 aromatic heterocycles. The lowest BCUT2D eigenvalue weighted by molar-refractivity contribution is -0.138. The Morgan fingerprint density at radius 1 is 1.03 bits per heavy atom.